The van der Waals surface area contributed by atoms with Crippen molar-refractivity contribution in [2.45, 2.75) is 25.4 Å². The summed E-state index contributed by atoms with van der Waals surface area (Å²) in [6.45, 7) is 3.03. The standard InChI is InChI=1S/C12H21N5/c1-13-9-12-14-6-3-11(16-12)15-10-4-7-17(2)8-5-10/h3,6,10,13H,4-5,7-9H2,1-2H3,(H,14,15,16). The van der Waals surface area contributed by atoms with Crippen molar-refractivity contribution >= 4 is 5.82 Å². The molecule has 1 aliphatic rings. The number of piperidine rings is 1. The van der Waals surface area contributed by atoms with Crippen molar-refractivity contribution in [3.05, 3.63) is 18.1 Å². The minimum atomic E-state index is 0.545. The van der Waals surface area contributed by atoms with Crippen LogP contribution < -0.4 is 10.6 Å². The molecule has 1 aliphatic heterocycles. The Labute approximate surface area is 103 Å². The van der Waals surface area contributed by atoms with Crippen LogP contribution in [-0.2, 0) is 6.54 Å². The normalized spacial score (nSPS) is 18.2. The molecular formula is C12H21N5. The lowest BCUT2D eigenvalue weighted by molar-refractivity contribution is 0.263. The lowest BCUT2D eigenvalue weighted by atomic mass is 10.1. The molecule has 1 saturated heterocycles. The van der Waals surface area contributed by atoms with Crippen LogP contribution >= 0.6 is 0 Å². The summed E-state index contributed by atoms with van der Waals surface area (Å²) in [6.07, 6.45) is 4.18. The number of nitrogens with one attached hydrogen (secondary N) is 2. The summed E-state index contributed by atoms with van der Waals surface area (Å²) in [7, 11) is 4.08. The van der Waals surface area contributed by atoms with Crippen molar-refractivity contribution in [1.29, 1.82) is 0 Å². The van der Waals surface area contributed by atoms with Gasteiger partial charge in [-0.1, -0.05) is 0 Å². The molecule has 0 bridgehead atoms. The van der Waals surface area contributed by atoms with Crippen molar-refractivity contribution in [3.8, 4) is 0 Å². The second kappa shape index (κ2) is 5.93. The van der Waals surface area contributed by atoms with Gasteiger partial charge in [0.1, 0.15) is 11.6 Å². The van der Waals surface area contributed by atoms with E-state index in [9.17, 15) is 0 Å². The quantitative estimate of drug-likeness (QED) is 0.804. The SMILES string of the molecule is CNCc1nccc(NC2CCN(C)CC2)n1. The topological polar surface area (TPSA) is 53.1 Å². The number of anilines is 1. The van der Waals surface area contributed by atoms with E-state index in [-0.39, 0.29) is 0 Å². The van der Waals surface area contributed by atoms with Crippen LogP contribution in [0, 0.1) is 0 Å². The van der Waals surface area contributed by atoms with Gasteiger partial charge >= 0.3 is 0 Å². The lowest BCUT2D eigenvalue weighted by Crippen LogP contribution is -2.36. The Morgan fingerprint density at radius 3 is 2.88 bits per heavy atom. The highest BCUT2D eigenvalue weighted by Crippen LogP contribution is 2.13. The molecule has 1 fully saturated rings. The van der Waals surface area contributed by atoms with Crippen molar-refractivity contribution in [3.63, 3.8) is 0 Å². The zero-order chi connectivity index (χ0) is 12.1. The monoisotopic (exact) mass is 235 g/mol. The van der Waals surface area contributed by atoms with Crippen LogP contribution in [0.3, 0.4) is 0 Å². The van der Waals surface area contributed by atoms with E-state index in [1.807, 2.05) is 19.3 Å². The molecule has 0 atom stereocenters. The first-order chi connectivity index (χ1) is 8.28. The van der Waals surface area contributed by atoms with Crippen molar-refractivity contribution < 1.29 is 0 Å². The molecule has 17 heavy (non-hydrogen) atoms. The molecule has 5 nitrogen and oxygen atoms in total. The fourth-order valence-corrected chi connectivity index (χ4v) is 2.08. The molecule has 94 valence electrons. The third-order valence-electron chi connectivity index (χ3n) is 3.11. The summed E-state index contributed by atoms with van der Waals surface area (Å²) in [5.41, 5.74) is 0. The maximum absolute atomic E-state index is 4.48. The van der Waals surface area contributed by atoms with Crippen LogP contribution in [0.4, 0.5) is 5.82 Å². The summed E-state index contributed by atoms with van der Waals surface area (Å²) in [4.78, 5) is 11.1. The van der Waals surface area contributed by atoms with E-state index in [0.717, 1.165) is 24.7 Å². The summed E-state index contributed by atoms with van der Waals surface area (Å²) >= 11 is 0. The second-order valence-corrected chi connectivity index (χ2v) is 4.61. The first kappa shape index (κ1) is 12.3. The van der Waals surface area contributed by atoms with Crippen LogP contribution in [0.5, 0.6) is 0 Å². The molecule has 2 heterocycles. The van der Waals surface area contributed by atoms with Crippen LogP contribution in [0.2, 0.25) is 0 Å². The molecule has 1 aromatic rings. The van der Waals surface area contributed by atoms with Gasteiger partial charge in [-0.3, -0.25) is 0 Å². The Morgan fingerprint density at radius 2 is 2.18 bits per heavy atom. The number of hydrogen-bond donors (Lipinski definition) is 2. The highest BCUT2D eigenvalue weighted by Gasteiger charge is 2.16. The van der Waals surface area contributed by atoms with Crippen molar-refractivity contribution in [2.75, 3.05) is 32.5 Å². The van der Waals surface area contributed by atoms with E-state index in [1.165, 1.54) is 12.8 Å². The zero-order valence-electron chi connectivity index (χ0n) is 10.6. The largest absolute Gasteiger partial charge is 0.367 e. The molecule has 0 aromatic carbocycles. The molecule has 1 aromatic heterocycles. The summed E-state index contributed by atoms with van der Waals surface area (Å²) in [6, 6.07) is 2.49. The van der Waals surface area contributed by atoms with Gasteiger partial charge in [-0.2, -0.15) is 0 Å². The number of nitrogens with zero attached hydrogens (tertiary/aromatic N) is 3. The Morgan fingerprint density at radius 1 is 1.41 bits per heavy atom. The van der Waals surface area contributed by atoms with E-state index < -0.39 is 0 Å². The smallest absolute Gasteiger partial charge is 0.144 e. The van der Waals surface area contributed by atoms with E-state index >= 15 is 0 Å². The van der Waals surface area contributed by atoms with Gasteiger partial charge in [0, 0.05) is 12.2 Å². The van der Waals surface area contributed by atoms with E-state index in [0.29, 0.717) is 12.6 Å². The Hall–Kier alpha value is -1.20. The highest BCUT2D eigenvalue weighted by atomic mass is 15.1. The lowest BCUT2D eigenvalue weighted by Gasteiger charge is -2.29. The third-order valence-corrected chi connectivity index (χ3v) is 3.11. The van der Waals surface area contributed by atoms with Gasteiger partial charge in [0.05, 0.1) is 6.54 Å². The van der Waals surface area contributed by atoms with Gasteiger partial charge in [-0.15, -0.1) is 0 Å². The van der Waals surface area contributed by atoms with Crippen molar-refractivity contribution in [2.24, 2.45) is 0 Å². The molecule has 0 unspecified atom stereocenters. The van der Waals surface area contributed by atoms with Gasteiger partial charge in [-0.25, -0.2) is 9.97 Å². The van der Waals surface area contributed by atoms with Crippen LogP contribution in [0.1, 0.15) is 18.7 Å². The molecule has 5 heteroatoms. The fourth-order valence-electron chi connectivity index (χ4n) is 2.08. The predicted molar refractivity (Wildman–Crippen MR) is 68.9 cm³/mol. The molecule has 0 amide bonds. The Balaban J connectivity index is 1.91. The predicted octanol–water partition coefficient (Wildman–Crippen LogP) is 0.702. The van der Waals surface area contributed by atoms with Gasteiger partial charge in [0.25, 0.3) is 0 Å². The average molecular weight is 235 g/mol. The number of likely N-dealkylation sites (tertiary alicyclic amines) is 1. The summed E-state index contributed by atoms with van der Waals surface area (Å²) in [5.74, 6) is 1.78. The highest BCUT2D eigenvalue weighted by molar-refractivity contribution is 5.34. The summed E-state index contributed by atoms with van der Waals surface area (Å²) < 4.78 is 0. The maximum Gasteiger partial charge on any atom is 0.144 e. The Kier molecular flexibility index (Phi) is 4.28. The number of hydrogen-bond acceptors (Lipinski definition) is 5. The second-order valence-electron chi connectivity index (χ2n) is 4.61. The van der Waals surface area contributed by atoms with Gasteiger partial charge in [0.15, 0.2) is 0 Å². The maximum atomic E-state index is 4.48. The van der Waals surface area contributed by atoms with E-state index in [1.54, 1.807) is 0 Å². The van der Waals surface area contributed by atoms with Crippen LogP contribution in [0.25, 0.3) is 0 Å². The first-order valence-corrected chi connectivity index (χ1v) is 6.19. The minimum Gasteiger partial charge on any atom is -0.367 e. The molecular weight excluding hydrogens is 214 g/mol. The van der Waals surface area contributed by atoms with Crippen LogP contribution in [-0.4, -0.2) is 48.1 Å². The average Bonchev–Trinajstić information content (AvgIpc) is 2.33. The molecule has 0 radical (unpaired) electrons. The number of rotatable bonds is 4. The van der Waals surface area contributed by atoms with Crippen molar-refractivity contribution in [1.82, 2.24) is 20.2 Å². The summed E-state index contributed by atoms with van der Waals surface area (Å²) in [5, 5.41) is 6.56. The Bertz CT molecular complexity index is 347. The van der Waals surface area contributed by atoms with Gasteiger partial charge < -0.3 is 15.5 Å². The third kappa shape index (κ3) is 3.64. The van der Waals surface area contributed by atoms with E-state index in [2.05, 4.69) is 32.5 Å². The fraction of sp³-hybridized carbons (Fsp3) is 0.667. The molecule has 0 aliphatic carbocycles. The van der Waals surface area contributed by atoms with Crippen LogP contribution in [0.15, 0.2) is 12.3 Å². The molecule has 0 saturated carbocycles. The first-order valence-electron chi connectivity index (χ1n) is 6.19. The van der Waals surface area contributed by atoms with Gasteiger partial charge in [0.2, 0.25) is 0 Å². The van der Waals surface area contributed by atoms with E-state index in [4.69, 9.17) is 0 Å². The number of aromatic nitrogens is 2. The molecule has 0 spiro atoms. The zero-order valence-corrected chi connectivity index (χ0v) is 10.6. The molecule has 2 N–H and O–H groups in total. The minimum absolute atomic E-state index is 0.545. The molecule has 2 rings (SSSR count). The van der Waals surface area contributed by atoms with Gasteiger partial charge in [-0.05, 0) is 46.1 Å².